The third-order valence-electron chi connectivity index (χ3n) is 1.00. The molecule has 0 saturated heterocycles. The summed E-state index contributed by atoms with van der Waals surface area (Å²) in [7, 11) is 9.63. The first-order valence-electron chi connectivity index (χ1n) is 2.49. The topological polar surface area (TPSA) is 0 Å². The molecule has 0 heterocycles. The Bertz CT molecular complexity index is 71.1. The molecule has 0 rings (SSSR count). The van der Waals surface area contributed by atoms with Gasteiger partial charge in [0.1, 0.15) is 0 Å². The molecule has 0 amide bonds. The molecule has 0 spiro atoms. The molecular formula is C6H12Cl2Pd. The Kier molecular flexibility index (Phi) is 12.6. The Morgan fingerprint density at radius 1 is 0.889 bits per heavy atom. The van der Waals surface area contributed by atoms with Gasteiger partial charge in [0.2, 0.25) is 0 Å². The van der Waals surface area contributed by atoms with Gasteiger partial charge in [0.05, 0.1) is 0 Å². The van der Waals surface area contributed by atoms with Gasteiger partial charge in [0, 0.05) is 0 Å². The number of hydrogen-bond acceptors (Lipinski definition) is 0. The number of halogens is 2. The van der Waals surface area contributed by atoms with Crippen molar-refractivity contribution in [2.75, 3.05) is 0 Å². The second kappa shape index (κ2) is 8.98. The molecule has 0 nitrogen and oxygen atoms in total. The SMILES string of the molecule is CC(C)=C(C)C.[Cl][Pd][Cl]. The molecule has 0 fully saturated rings. The van der Waals surface area contributed by atoms with E-state index in [2.05, 4.69) is 27.7 Å². The van der Waals surface area contributed by atoms with E-state index in [4.69, 9.17) is 19.1 Å². The Morgan fingerprint density at radius 2 is 1.00 bits per heavy atom. The van der Waals surface area contributed by atoms with Crippen LogP contribution in [0.4, 0.5) is 0 Å². The molecule has 0 aromatic carbocycles. The zero-order valence-corrected chi connectivity index (χ0v) is 9.14. The Balaban J connectivity index is 0. The summed E-state index contributed by atoms with van der Waals surface area (Å²) in [6.45, 7) is 8.48. The average Bonchev–Trinajstić information content (AvgIpc) is 1.68. The van der Waals surface area contributed by atoms with E-state index in [-0.39, 0.29) is 15.9 Å². The van der Waals surface area contributed by atoms with Crippen molar-refractivity contribution < 1.29 is 15.9 Å². The van der Waals surface area contributed by atoms with E-state index in [1.54, 1.807) is 0 Å². The second-order valence-electron chi connectivity index (χ2n) is 2.05. The number of rotatable bonds is 0. The van der Waals surface area contributed by atoms with Crippen molar-refractivity contribution in [3.8, 4) is 0 Å². The number of hydrogen-bond donors (Lipinski definition) is 0. The van der Waals surface area contributed by atoms with Gasteiger partial charge in [-0.05, 0) is 27.7 Å². The standard InChI is InChI=1S/C6H12.2ClH.Pd/c1-5(2)6(3)4;;;/h1-4H3;2*1H;/q;;;+2/p-2. The summed E-state index contributed by atoms with van der Waals surface area (Å²) in [5, 5.41) is 0. The molecule has 0 aliphatic carbocycles. The van der Waals surface area contributed by atoms with E-state index in [9.17, 15) is 0 Å². The van der Waals surface area contributed by atoms with Crippen LogP contribution in [0.1, 0.15) is 27.7 Å². The minimum absolute atomic E-state index is 0.106. The third-order valence-corrected chi connectivity index (χ3v) is 1.00. The molecule has 0 saturated carbocycles. The van der Waals surface area contributed by atoms with Crippen molar-refractivity contribution in [1.29, 1.82) is 0 Å². The zero-order valence-electron chi connectivity index (χ0n) is 6.07. The zero-order chi connectivity index (χ0) is 7.86. The van der Waals surface area contributed by atoms with Gasteiger partial charge in [-0.1, -0.05) is 11.1 Å². The van der Waals surface area contributed by atoms with Crippen LogP contribution < -0.4 is 0 Å². The summed E-state index contributed by atoms with van der Waals surface area (Å²) < 4.78 is 0. The molecule has 0 aromatic heterocycles. The van der Waals surface area contributed by atoms with E-state index >= 15 is 0 Å². The van der Waals surface area contributed by atoms with Crippen molar-refractivity contribution in [3.63, 3.8) is 0 Å². The molecule has 0 aliphatic rings. The number of allylic oxidation sites excluding steroid dienone is 2. The van der Waals surface area contributed by atoms with Crippen LogP contribution in [0, 0.1) is 0 Å². The molecule has 0 aliphatic heterocycles. The van der Waals surface area contributed by atoms with Crippen molar-refractivity contribution >= 4 is 19.1 Å². The van der Waals surface area contributed by atoms with Crippen LogP contribution in [0.5, 0.6) is 0 Å². The van der Waals surface area contributed by atoms with E-state index in [1.165, 1.54) is 11.1 Å². The van der Waals surface area contributed by atoms with Gasteiger partial charge in [-0.25, -0.2) is 0 Å². The first kappa shape index (κ1) is 12.6. The van der Waals surface area contributed by atoms with Gasteiger partial charge in [0.15, 0.2) is 0 Å². The van der Waals surface area contributed by atoms with Crippen molar-refractivity contribution in [2.45, 2.75) is 27.7 Å². The van der Waals surface area contributed by atoms with Gasteiger partial charge in [0.25, 0.3) is 0 Å². The summed E-state index contributed by atoms with van der Waals surface area (Å²) in [5.74, 6) is 0. The Hall–Kier alpha value is 0.982. The fourth-order valence-electron chi connectivity index (χ4n) is 0. The van der Waals surface area contributed by atoms with Gasteiger partial charge in [-0.2, -0.15) is 0 Å². The summed E-state index contributed by atoms with van der Waals surface area (Å²) in [6, 6.07) is 0. The fourth-order valence-corrected chi connectivity index (χ4v) is 0. The van der Waals surface area contributed by atoms with Crippen LogP contribution >= 0.6 is 19.1 Å². The van der Waals surface area contributed by atoms with Crippen molar-refractivity contribution in [2.24, 2.45) is 0 Å². The van der Waals surface area contributed by atoms with Crippen LogP contribution in [0.15, 0.2) is 11.1 Å². The molecule has 0 bridgehead atoms. The van der Waals surface area contributed by atoms with Crippen molar-refractivity contribution in [1.82, 2.24) is 0 Å². The Labute approximate surface area is 73.7 Å². The monoisotopic (exact) mass is 260 g/mol. The predicted octanol–water partition coefficient (Wildman–Crippen LogP) is 3.74. The molecule has 0 atom stereocenters. The van der Waals surface area contributed by atoms with Gasteiger partial charge < -0.3 is 0 Å². The summed E-state index contributed by atoms with van der Waals surface area (Å²) in [5.41, 5.74) is 2.85. The maximum atomic E-state index is 4.81. The predicted molar refractivity (Wildman–Crippen MR) is 41.4 cm³/mol. The summed E-state index contributed by atoms with van der Waals surface area (Å²) in [4.78, 5) is 0. The minimum atomic E-state index is -0.106. The third kappa shape index (κ3) is 17.6. The quantitative estimate of drug-likeness (QED) is 0.460. The molecule has 60 valence electrons. The van der Waals surface area contributed by atoms with Crippen LogP contribution in [-0.2, 0) is 15.9 Å². The molecule has 0 unspecified atom stereocenters. The van der Waals surface area contributed by atoms with Crippen molar-refractivity contribution in [3.05, 3.63) is 11.1 Å². The molecule has 9 heavy (non-hydrogen) atoms. The first-order chi connectivity index (χ1) is 4.06. The van der Waals surface area contributed by atoms with E-state index < -0.39 is 0 Å². The van der Waals surface area contributed by atoms with E-state index in [0.29, 0.717) is 0 Å². The normalized spacial score (nSPS) is 7.78. The molecular weight excluding hydrogens is 249 g/mol. The van der Waals surface area contributed by atoms with Gasteiger partial charge in [-0.3, -0.25) is 0 Å². The average molecular weight is 261 g/mol. The molecule has 0 radical (unpaired) electrons. The second-order valence-corrected chi connectivity index (χ2v) is 4.41. The molecule has 0 N–H and O–H groups in total. The molecule has 0 aromatic rings. The molecule has 3 heteroatoms. The van der Waals surface area contributed by atoms with E-state index in [0.717, 1.165) is 0 Å². The van der Waals surface area contributed by atoms with Crippen LogP contribution in [0.25, 0.3) is 0 Å². The summed E-state index contributed by atoms with van der Waals surface area (Å²) in [6.07, 6.45) is 0. The maximum absolute atomic E-state index is 4.81. The first-order valence-corrected chi connectivity index (χ1v) is 6.49. The van der Waals surface area contributed by atoms with Crippen LogP contribution in [-0.4, -0.2) is 0 Å². The van der Waals surface area contributed by atoms with Gasteiger partial charge in [-0.15, -0.1) is 0 Å². The fraction of sp³-hybridized carbons (Fsp3) is 0.667. The Morgan fingerprint density at radius 3 is 1.00 bits per heavy atom. The van der Waals surface area contributed by atoms with E-state index in [1.807, 2.05) is 0 Å². The van der Waals surface area contributed by atoms with Gasteiger partial charge >= 0.3 is 35.0 Å². The van der Waals surface area contributed by atoms with Crippen LogP contribution in [0.2, 0.25) is 0 Å². The summed E-state index contributed by atoms with van der Waals surface area (Å²) >= 11 is -0.106. The van der Waals surface area contributed by atoms with Crippen LogP contribution in [0.3, 0.4) is 0 Å².